The smallest absolute Gasteiger partial charge is 0.292 e. The van der Waals surface area contributed by atoms with E-state index in [1.165, 1.54) is 18.2 Å². The van der Waals surface area contributed by atoms with E-state index >= 15 is 0 Å². The lowest BCUT2D eigenvalue weighted by Crippen LogP contribution is -2.49. The monoisotopic (exact) mass is 279 g/mol. The van der Waals surface area contributed by atoms with Crippen LogP contribution in [0, 0.1) is 10.1 Å². The fraction of sp³-hybridized carbons (Fsp3) is 0.462. The Labute approximate surface area is 116 Å². The first-order valence-electron chi connectivity index (χ1n) is 6.35. The molecular weight excluding hydrogens is 262 g/mol. The van der Waals surface area contributed by atoms with Gasteiger partial charge in [-0.05, 0) is 31.9 Å². The first-order valence-corrected chi connectivity index (χ1v) is 6.35. The summed E-state index contributed by atoms with van der Waals surface area (Å²) in [6, 6.07) is 4.06. The molecular formula is C13H17N3O4. The lowest BCUT2D eigenvalue weighted by atomic mass is 9.92. The van der Waals surface area contributed by atoms with Crippen LogP contribution in [0.25, 0.3) is 0 Å². The van der Waals surface area contributed by atoms with Crippen LogP contribution in [0.3, 0.4) is 0 Å². The Bertz CT molecular complexity index is 538. The van der Waals surface area contributed by atoms with Crippen molar-refractivity contribution in [2.75, 3.05) is 18.9 Å². The van der Waals surface area contributed by atoms with Crippen molar-refractivity contribution in [3.05, 3.63) is 33.9 Å². The van der Waals surface area contributed by atoms with Gasteiger partial charge in [0.15, 0.2) is 0 Å². The first-order chi connectivity index (χ1) is 9.41. The summed E-state index contributed by atoms with van der Waals surface area (Å²) in [5.74, 6) is -0.336. The van der Waals surface area contributed by atoms with E-state index in [9.17, 15) is 14.9 Å². The molecule has 0 aliphatic carbocycles. The minimum absolute atomic E-state index is 0.0452. The van der Waals surface area contributed by atoms with Crippen LogP contribution < -0.4 is 11.1 Å². The maximum absolute atomic E-state index is 12.2. The van der Waals surface area contributed by atoms with Gasteiger partial charge in [-0.15, -0.1) is 0 Å². The first kappa shape index (κ1) is 14.3. The second kappa shape index (κ2) is 5.46. The predicted molar refractivity (Wildman–Crippen MR) is 73.4 cm³/mol. The highest BCUT2D eigenvalue weighted by Gasteiger charge is 2.29. The van der Waals surface area contributed by atoms with Gasteiger partial charge in [0.1, 0.15) is 5.69 Å². The van der Waals surface area contributed by atoms with Crippen LogP contribution in [0.2, 0.25) is 0 Å². The second-order valence-electron chi connectivity index (χ2n) is 5.16. The molecule has 1 amide bonds. The largest absolute Gasteiger partial charge is 0.393 e. The highest BCUT2D eigenvalue weighted by atomic mass is 16.6. The van der Waals surface area contributed by atoms with Crippen LogP contribution in [-0.2, 0) is 4.74 Å². The van der Waals surface area contributed by atoms with E-state index in [0.717, 1.165) is 12.8 Å². The Balaban J connectivity index is 2.17. The quantitative estimate of drug-likeness (QED) is 0.495. The summed E-state index contributed by atoms with van der Waals surface area (Å²) in [6.45, 7) is 3.14. The Morgan fingerprint density at radius 2 is 2.10 bits per heavy atom. The molecule has 2 rings (SSSR count). The summed E-state index contributed by atoms with van der Waals surface area (Å²) in [4.78, 5) is 22.4. The number of nitro groups is 1. The zero-order valence-corrected chi connectivity index (χ0v) is 11.2. The van der Waals surface area contributed by atoms with Crippen molar-refractivity contribution in [3.8, 4) is 0 Å². The number of hydrogen-bond donors (Lipinski definition) is 2. The molecule has 7 heteroatoms. The Morgan fingerprint density at radius 1 is 1.45 bits per heavy atom. The predicted octanol–water partition coefficient (Wildman–Crippen LogP) is 1.48. The fourth-order valence-electron chi connectivity index (χ4n) is 2.14. The number of anilines is 1. The summed E-state index contributed by atoms with van der Waals surface area (Å²) >= 11 is 0. The third-order valence-electron chi connectivity index (χ3n) is 3.50. The maximum atomic E-state index is 12.2. The van der Waals surface area contributed by atoms with Gasteiger partial charge in [-0.2, -0.15) is 0 Å². The molecule has 1 fully saturated rings. The molecule has 20 heavy (non-hydrogen) atoms. The molecule has 0 saturated carbocycles. The average Bonchev–Trinajstić information content (AvgIpc) is 2.39. The van der Waals surface area contributed by atoms with E-state index in [0.29, 0.717) is 13.2 Å². The number of carbonyl (C=O) groups excluding carboxylic acids is 1. The number of ether oxygens (including phenoxy) is 1. The van der Waals surface area contributed by atoms with E-state index in [-0.39, 0.29) is 28.4 Å². The van der Waals surface area contributed by atoms with Crippen molar-refractivity contribution >= 4 is 17.3 Å². The molecule has 0 spiro atoms. The van der Waals surface area contributed by atoms with Crippen LogP contribution in [-0.4, -0.2) is 29.6 Å². The average molecular weight is 279 g/mol. The van der Waals surface area contributed by atoms with E-state index in [4.69, 9.17) is 10.5 Å². The van der Waals surface area contributed by atoms with Crippen LogP contribution >= 0.6 is 0 Å². The topological polar surface area (TPSA) is 107 Å². The van der Waals surface area contributed by atoms with Crippen LogP contribution in [0.4, 0.5) is 11.4 Å². The minimum atomic E-state index is -0.595. The van der Waals surface area contributed by atoms with Gasteiger partial charge in [0, 0.05) is 30.4 Å². The van der Waals surface area contributed by atoms with Crippen molar-refractivity contribution in [2.24, 2.45) is 0 Å². The summed E-state index contributed by atoms with van der Waals surface area (Å²) < 4.78 is 5.26. The standard InChI is InChI=1S/C13H17N3O4/c1-13(4-6-20-7-5-13)15-12(17)9-2-3-10(14)11(8-9)16(18)19/h2-3,8H,4-7,14H2,1H3,(H,15,17). The fourth-order valence-corrected chi connectivity index (χ4v) is 2.14. The summed E-state index contributed by atoms with van der Waals surface area (Å²) in [7, 11) is 0. The van der Waals surface area contributed by atoms with Gasteiger partial charge >= 0.3 is 0 Å². The molecule has 1 heterocycles. The lowest BCUT2D eigenvalue weighted by molar-refractivity contribution is -0.383. The summed E-state index contributed by atoms with van der Waals surface area (Å²) in [5.41, 5.74) is 5.19. The molecule has 1 aliphatic rings. The van der Waals surface area contributed by atoms with Gasteiger partial charge in [0.25, 0.3) is 11.6 Å². The molecule has 0 bridgehead atoms. The highest BCUT2D eigenvalue weighted by molar-refractivity contribution is 5.96. The molecule has 1 aromatic rings. The van der Waals surface area contributed by atoms with E-state index in [1.54, 1.807) is 0 Å². The van der Waals surface area contributed by atoms with Crippen molar-refractivity contribution < 1.29 is 14.5 Å². The Hall–Kier alpha value is -2.15. The molecule has 1 aliphatic heterocycles. The molecule has 1 aromatic carbocycles. The number of rotatable bonds is 3. The molecule has 0 radical (unpaired) electrons. The van der Waals surface area contributed by atoms with Crippen LogP contribution in [0.5, 0.6) is 0 Å². The van der Waals surface area contributed by atoms with Crippen molar-refractivity contribution in [1.82, 2.24) is 5.32 Å². The summed E-state index contributed by atoms with van der Waals surface area (Å²) in [5, 5.41) is 13.7. The highest BCUT2D eigenvalue weighted by Crippen LogP contribution is 2.24. The number of benzene rings is 1. The number of amides is 1. The normalized spacial score (nSPS) is 17.4. The zero-order chi connectivity index (χ0) is 14.8. The van der Waals surface area contributed by atoms with Crippen LogP contribution in [0.1, 0.15) is 30.1 Å². The SMILES string of the molecule is CC1(NC(=O)c2ccc(N)c([N+](=O)[O-])c2)CCOCC1. The number of nitrogens with two attached hydrogens (primary N) is 1. The van der Waals surface area contributed by atoms with Gasteiger partial charge in [-0.1, -0.05) is 0 Å². The Kier molecular flexibility index (Phi) is 3.89. The number of hydrogen-bond acceptors (Lipinski definition) is 5. The second-order valence-corrected chi connectivity index (χ2v) is 5.16. The molecule has 0 unspecified atom stereocenters. The number of nitrogens with one attached hydrogen (secondary N) is 1. The molecule has 1 saturated heterocycles. The lowest BCUT2D eigenvalue weighted by Gasteiger charge is -2.34. The van der Waals surface area contributed by atoms with Crippen molar-refractivity contribution in [1.29, 1.82) is 0 Å². The van der Waals surface area contributed by atoms with Gasteiger partial charge in [0.2, 0.25) is 0 Å². The molecule has 108 valence electrons. The maximum Gasteiger partial charge on any atom is 0.292 e. The number of carbonyl (C=O) groups is 1. The molecule has 7 nitrogen and oxygen atoms in total. The molecule has 0 atom stereocenters. The zero-order valence-electron chi connectivity index (χ0n) is 11.2. The number of nitrogens with zero attached hydrogens (tertiary/aromatic N) is 1. The minimum Gasteiger partial charge on any atom is -0.393 e. The van der Waals surface area contributed by atoms with Crippen molar-refractivity contribution in [3.63, 3.8) is 0 Å². The van der Waals surface area contributed by atoms with Crippen LogP contribution in [0.15, 0.2) is 18.2 Å². The van der Waals surface area contributed by atoms with E-state index in [2.05, 4.69) is 5.32 Å². The van der Waals surface area contributed by atoms with Gasteiger partial charge in [0.05, 0.1) is 4.92 Å². The number of nitro benzene ring substituents is 1. The third-order valence-corrected chi connectivity index (χ3v) is 3.50. The van der Waals surface area contributed by atoms with Gasteiger partial charge in [-0.25, -0.2) is 0 Å². The van der Waals surface area contributed by atoms with Gasteiger partial charge < -0.3 is 15.8 Å². The van der Waals surface area contributed by atoms with E-state index < -0.39 is 4.92 Å². The number of nitrogen functional groups attached to an aromatic ring is 1. The van der Waals surface area contributed by atoms with E-state index in [1.807, 2.05) is 6.92 Å². The molecule has 0 aromatic heterocycles. The summed E-state index contributed by atoms with van der Waals surface area (Å²) in [6.07, 6.45) is 1.44. The molecule has 3 N–H and O–H groups in total. The third kappa shape index (κ3) is 3.05. The Morgan fingerprint density at radius 3 is 2.70 bits per heavy atom. The van der Waals surface area contributed by atoms with Crippen molar-refractivity contribution in [2.45, 2.75) is 25.3 Å². The van der Waals surface area contributed by atoms with Gasteiger partial charge in [-0.3, -0.25) is 14.9 Å².